The molecule has 0 saturated carbocycles. The van der Waals surface area contributed by atoms with E-state index in [1.807, 2.05) is 30.3 Å². The summed E-state index contributed by atoms with van der Waals surface area (Å²) in [7, 11) is -3.27. The SMILES string of the molecule is CCOC(=O)N/N=C(\Cc1ccccc1)c1ccc(S(C)(=O)=O)cc1. The lowest BCUT2D eigenvalue weighted by Crippen LogP contribution is -2.22. The average Bonchev–Trinajstić information content (AvgIpc) is 2.59. The molecule has 2 rings (SSSR count). The van der Waals surface area contributed by atoms with Crippen LogP contribution in [-0.4, -0.2) is 33.1 Å². The van der Waals surface area contributed by atoms with Crippen molar-refractivity contribution in [1.29, 1.82) is 0 Å². The highest BCUT2D eigenvalue weighted by Gasteiger charge is 2.10. The summed E-state index contributed by atoms with van der Waals surface area (Å²) in [6.07, 6.45) is 0.996. The zero-order valence-corrected chi connectivity index (χ0v) is 14.9. The third-order valence-electron chi connectivity index (χ3n) is 3.39. The normalized spacial score (nSPS) is 11.8. The Labute approximate surface area is 147 Å². The maximum atomic E-state index is 11.6. The summed E-state index contributed by atoms with van der Waals surface area (Å²) in [5.41, 5.74) is 4.68. The molecule has 0 radical (unpaired) electrons. The minimum Gasteiger partial charge on any atom is -0.449 e. The Bertz CT molecular complexity index is 844. The zero-order valence-electron chi connectivity index (χ0n) is 14.1. The fourth-order valence-corrected chi connectivity index (χ4v) is 2.80. The van der Waals surface area contributed by atoms with Gasteiger partial charge < -0.3 is 4.74 Å². The number of hydrogen-bond donors (Lipinski definition) is 1. The molecule has 1 amide bonds. The highest BCUT2D eigenvalue weighted by molar-refractivity contribution is 7.90. The molecule has 0 aliphatic carbocycles. The quantitative estimate of drug-likeness (QED) is 0.634. The average molecular weight is 360 g/mol. The second kappa shape index (κ2) is 8.43. The Morgan fingerprint density at radius 1 is 1.08 bits per heavy atom. The molecule has 0 aliphatic rings. The minimum absolute atomic E-state index is 0.230. The highest BCUT2D eigenvalue weighted by atomic mass is 32.2. The smallest absolute Gasteiger partial charge is 0.427 e. The minimum atomic E-state index is -3.27. The highest BCUT2D eigenvalue weighted by Crippen LogP contribution is 2.13. The van der Waals surface area contributed by atoms with Gasteiger partial charge >= 0.3 is 6.09 Å². The standard InChI is InChI=1S/C18H20N2O4S/c1-3-24-18(21)20-19-17(13-14-7-5-4-6-8-14)15-9-11-16(12-10-15)25(2,22)23/h4-12H,3,13H2,1-2H3,(H,20,21)/b19-17+. The maximum absolute atomic E-state index is 11.6. The van der Waals surface area contributed by atoms with Crippen LogP contribution in [0.5, 0.6) is 0 Å². The largest absolute Gasteiger partial charge is 0.449 e. The van der Waals surface area contributed by atoms with E-state index >= 15 is 0 Å². The molecule has 0 aliphatic heterocycles. The number of hydrazone groups is 1. The van der Waals surface area contributed by atoms with Crippen molar-refractivity contribution >= 4 is 21.6 Å². The Hall–Kier alpha value is -2.67. The Morgan fingerprint density at radius 3 is 2.28 bits per heavy atom. The van der Waals surface area contributed by atoms with Crippen LogP contribution in [0.2, 0.25) is 0 Å². The van der Waals surface area contributed by atoms with Crippen LogP contribution in [0.4, 0.5) is 4.79 Å². The van der Waals surface area contributed by atoms with Crippen molar-refractivity contribution in [2.75, 3.05) is 12.9 Å². The number of nitrogens with one attached hydrogen (secondary N) is 1. The van der Waals surface area contributed by atoms with Crippen molar-refractivity contribution in [3.8, 4) is 0 Å². The Morgan fingerprint density at radius 2 is 1.72 bits per heavy atom. The fraction of sp³-hybridized carbons (Fsp3) is 0.222. The predicted octanol–water partition coefficient (Wildman–Crippen LogP) is 2.78. The van der Waals surface area contributed by atoms with E-state index in [1.165, 1.54) is 12.1 Å². The first kappa shape index (κ1) is 18.7. The molecular weight excluding hydrogens is 340 g/mol. The van der Waals surface area contributed by atoms with Gasteiger partial charge in [0.25, 0.3) is 0 Å². The van der Waals surface area contributed by atoms with E-state index in [2.05, 4.69) is 10.5 Å². The Balaban J connectivity index is 2.30. The van der Waals surface area contributed by atoms with Gasteiger partial charge in [0.15, 0.2) is 9.84 Å². The number of rotatable bonds is 6. The van der Waals surface area contributed by atoms with E-state index in [0.717, 1.165) is 11.8 Å². The summed E-state index contributed by atoms with van der Waals surface area (Å²) in [4.78, 5) is 11.7. The van der Waals surface area contributed by atoms with Crippen LogP contribution in [0.15, 0.2) is 64.6 Å². The van der Waals surface area contributed by atoms with Crippen LogP contribution >= 0.6 is 0 Å². The van der Waals surface area contributed by atoms with E-state index in [0.29, 0.717) is 17.7 Å². The van der Waals surface area contributed by atoms with Crippen LogP contribution in [0.25, 0.3) is 0 Å². The fourth-order valence-electron chi connectivity index (χ4n) is 2.17. The number of amides is 1. The summed E-state index contributed by atoms with van der Waals surface area (Å²) in [6, 6.07) is 16.0. The first-order valence-corrected chi connectivity index (χ1v) is 9.63. The van der Waals surface area contributed by atoms with E-state index < -0.39 is 15.9 Å². The van der Waals surface area contributed by atoms with Crippen molar-refractivity contribution in [2.24, 2.45) is 5.10 Å². The van der Waals surface area contributed by atoms with Gasteiger partial charge in [-0.05, 0) is 30.2 Å². The summed E-state index contributed by atoms with van der Waals surface area (Å²) < 4.78 is 28.0. The second-order valence-electron chi connectivity index (χ2n) is 5.35. The van der Waals surface area contributed by atoms with Crippen LogP contribution in [0, 0.1) is 0 Å². The summed E-state index contributed by atoms with van der Waals surface area (Å²) in [5, 5.41) is 4.14. The van der Waals surface area contributed by atoms with Crippen molar-refractivity contribution in [3.05, 3.63) is 65.7 Å². The lowest BCUT2D eigenvalue weighted by molar-refractivity contribution is 0.152. The van der Waals surface area contributed by atoms with Gasteiger partial charge in [0, 0.05) is 12.7 Å². The topological polar surface area (TPSA) is 84.8 Å². The molecular formula is C18H20N2O4S. The van der Waals surface area contributed by atoms with Gasteiger partial charge in [0.2, 0.25) is 0 Å². The molecule has 0 aromatic heterocycles. The van der Waals surface area contributed by atoms with Crippen molar-refractivity contribution in [2.45, 2.75) is 18.2 Å². The number of nitrogens with zero attached hydrogens (tertiary/aromatic N) is 1. The van der Waals surface area contributed by atoms with Gasteiger partial charge in [-0.25, -0.2) is 18.6 Å². The van der Waals surface area contributed by atoms with Crippen LogP contribution < -0.4 is 5.43 Å². The van der Waals surface area contributed by atoms with Crippen molar-refractivity contribution in [1.82, 2.24) is 5.43 Å². The monoisotopic (exact) mass is 360 g/mol. The lowest BCUT2D eigenvalue weighted by atomic mass is 10.0. The van der Waals surface area contributed by atoms with Gasteiger partial charge in [-0.2, -0.15) is 5.10 Å². The number of hydrogen-bond acceptors (Lipinski definition) is 5. The molecule has 6 nitrogen and oxygen atoms in total. The zero-order chi connectivity index (χ0) is 18.3. The predicted molar refractivity (Wildman–Crippen MR) is 96.4 cm³/mol. The molecule has 132 valence electrons. The first-order chi connectivity index (χ1) is 11.9. The van der Waals surface area contributed by atoms with Gasteiger partial charge in [0.1, 0.15) is 0 Å². The van der Waals surface area contributed by atoms with Gasteiger partial charge in [-0.15, -0.1) is 0 Å². The van der Waals surface area contributed by atoms with Crippen molar-refractivity contribution < 1.29 is 17.9 Å². The summed E-state index contributed by atoms with van der Waals surface area (Å²) in [6.45, 7) is 1.95. The molecule has 0 bridgehead atoms. The van der Waals surface area contributed by atoms with Crippen LogP contribution in [-0.2, 0) is 21.0 Å². The lowest BCUT2D eigenvalue weighted by Gasteiger charge is -2.09. The first-order valence-electron chi connectivity index (χ1n) is 7.74. The number of benzene rings is 2. The van der Waals surface area contributed by atoms with E-state index in [4.69, 9.17) is 4.74 Å². The maximum Gasteiger partial charge on any atom is 0.427 e. The molecule has 0 atom stereocenters. The molecule has 7 heteroatoms. The second-order valence-corrected chi connectivity index (χ2v) is 7.37. The molecule has 2 aromatic carbocycles. The number of carbonyl (C=O) groups excluding carboxylic acids is 1. The molecule has 0 heterocycles. The molecule has 0 spiro atoms. The van der Waals surface area contributed by atoms with E-state index in [-0.39, 0.29) is 11.5 Å². The number of carbonyl (C=O) groups is 1. The van der Waals surface area contributed by atoms with Gasteiger partial charge in [0.05, 0.1) is 17.2 Å². The Kier molecular flexibility index (Phi) is 6.30. The van der Waals surface area contributed by atoms with Gasteiger partial charge in [-0.1, -0.05) is 42.5 Å². The van der Waals surface area contributed by atoms with Crippen LogP contribution in [0.1, 0.15) is 18.1 Å². The van der Waals surface area contributed by atoms with E-state index in [1.54, 1.807) is 19.1 Å². The molecule has 2 aromatic rings. The van der Waals surface area contributed by atoms with Crippen molar-refractivity contribution in [3.63, 3.8) is 0 Å². The van der Waals surface area contributed by atoms with Gasteiger partial charge in [-0.3, -0.25) is 0 Å². The number of ether oxygens (including phenoxy) is 1. The summed E-state index contributed by atoms with van der Waals surface area (Å²) in [5.74, 6) is 0. The molecule has 25 heavy (non-hydrogen) atoms. The molecule has 1 N–H and O–H groups in total. The third kappa shape index (κ3) is 5.72. The molecule has 0 fully saturated rings. The van der Waals surface area contributed by atoms with E-state index in [9.17, 15) is 13.2 Å². The third-order valence-corrected chi connectivity index (χ3v) is 4.52. The molecule has 0 saturated heterocycles. The van der Waals surface area contributed by atoms with Crippen LogP contribution in [0.3, 0.4) is 0 Å². The molecule has 0 unspecified atom stereocenters. The number of sulfone groups is 1. The summed E-state index contributed by atoms with van der Waals surface area (Å²) >= 11 is 0.